The van der Waals surface area contributed by atoms with Crippen LogP contribution >= 0.6 is 11.3 Å². The third-order valence-corrected chi connectivity index (χ3v) is 4.45. The Morgan fingerprint density at radius 2 is 1.79 bits per heavy atom. The van der Waals surface area contributed by atoms with Gasteiger partial charge in [-0.1, -0.05) is 30.3 Å². The Morgan fingerprint density at radius 1 is 1.00 bits per heavy atom. The molecule has 0 aliphatic carbocycles. The summed E-state index contributed by atoms with van der Waals surface area (Å²) >= 11 is 1.77. The fraction of sp³-hybridized carbons (Fsp3) is 0. The lowest BCUT2D eigenvalue weighted by Gasteiger charge is -1.97. The molecule has 3 N–H and O–H groups in total. The van der Waals surface area contributed by atoms with Crippen LogP contribution in [0, 0.1) is 0 Å². The van der Waals surface area contributed by atoms with Gasteiger partial charge in [0, 0.05) is 21.3 Å². The summed E-state index contributed by atoms with van der Waals surface area (Å²) in [4.78, 5) is 0. The van der Waals surface area contributed by atoms with Crippen molar-refractivity contribution in [1.82, 2.24) is 10.2 Å². The van der Waals surface area contributed by atoms with Crippen molar-refractivity contribution in [2.75, 3.05) is 5.73 Å². The monoisotopic (exact) mass is 265 g/mol. The summed E-state index contributed by atoms with van der Waals surface area (Å²) in [5, 5.41) is 8.84. The summed E-state index contributed by atoms with van der Waals surface area (Å²) in [6, 6.07) is 16.2. The lowest BCUT2D eigenvalue weighted by Crippen LogP contribution is -1.84. The van der Waals surface area contributed by atoms with Gasteiger partial charge in [-0.25, -0.2) is 0 Å². The van der Waals surface area contributed by atoms with E-state index in [0.717, 1.165) is 22.5 Å². The molecule has 0 amide bonds. The molecule has 4 heteroatoms. The number of aromatic nitrogens is 2. The lowest BCUT2D eigenvalue weighted by molar-refractivity contribution is 1.13. The van der Waals surface area contributed by atoms with Crippen LogP contribution in [0.5, 0.6) is 0 Å². The second kappa shape index (κ2) is 3.83. The van der Waals surface area contributed by atoms with Crippen molar-refractivity contribution in [3.63, 3.8) is 0 Å². The number of hydrogen-bond donors (Lipinski definition) is 2. The maximum absolute atomic E-state index is 5.73. The molecule has 0 fully saturated rings. The maximum atomic E-state index is 5.73. The molecule has 4 rings (SSSR count). The second-order valence-corrected chi connectivity index (χ2v) is 5.55. The summed E-state index contributed by atoms with van der Waals surface area (Å²) in [6.45, 7) is 0. The van der Waals surface area contributed by atoms with E-state index >= 15 is 0 Å². The van der Waals surface area contributed by atoms with Crippen molar-refractivity contribution in [3.8, 4) is 11.3 Å². The molecule has 2 heterocycles. The number of anilines is 1. The van der Waals surface area contributed by atoms with Crippen LogP contribution in [0.15, 0.2) is 48.5 Å². The zero-order valence-corrected chi connectivity index (χ0v) is 10.9. The Kier molecular flexibility index (Phi) is 2.13. The number of H-pyrrole nitrogens is 1. The van der Waals surface area contributed by atoms with Crippen LogP contribution in [0.25, 0.3) is 31.6 Å². The van der Waals surface area contributed by atoms with Gasteiger partial charge in [-0.15, -0.1) is 11.3 Å². The molecule has 0 unspecified atom stereocenters. The third-order valence-electron chi connectivity index (χ3n) is 3.27. The van der Waals surface area contributed by atoms with Gasteiger partial charge in [0.1, 0.15) is 5.69 Å². The van der Waals surface area contributed by atoms with Gasteiger partial charge < -0.3 is 5.73 Å². The van der Waals surface area contributed by atoms with Gasteiger partial charge in [-0.3, -0.25) is 5.10 Å². The molecule has 2 aromatic carbocycles. The van der Waals surface area contributed by atoms with E-state index in [0.29, 0.717) is 0 Å². The largest absolute Gasteiger partial charge is 0.399 e. The van der Waals surface area contributed by atoms with Crippen LogP contribution in [0.1, 0.15) is 0 Å². The molecule has 92 valence electrons. The first-order valence-electron chi connectivity index (χ1n) is 6.04. The van der Waals surface area contributed by atoms with Gasteiger partial charge in [0.05, 0.1) is 10.2 Å². The number of nitrogens with zero attached hydrogens (tertiary/aromatic N) is 1. The van der Waals surface area contributed by atoms with E-state index in [2.05, 4.69) is 34.5 Å². The molecule has 0 bridgehead atoms. The quantitative estimate of drug-likeness (QED) is 0.510. The number of rotatable bonds is 1. The minimum Gasteiger partial charge on any atom is -0.399 e. The van der Waals surface area contributed by atoms with Crippen molar-refractivity contribution in [3.05, 3.63) is 48.5 Å². The second-order valence-electron chi connectivity index (χ2n) is 4.50. The minimum atomic E-state index is 0.770. The molecule has 3 nitrogen and oxygen atoms in total. The molecule has 0 atom stereocenters. The predicted octanol–water partition coefficient (Wildman–Crippen LogP) is 4.03. The summed E-state index contributed by atoms with van der Waals surface area (Å²) in [6.07, 6.45) is 0. The van der Waals surface area contributed by atoms with Gasteiger partial charge >= 0.3 is 0 Å². The van der Waals surface area contributed by atoms with Crippen LogP contribution in [0.2, 0.25) is 0 Å². The smallest absolute Gasteiger partial charge is 0.110 e. The number of nitrogens with two attached hydrogens (primary N) is 1. The van der Waals surface area contributed by atoms with E-state index < -0.39 is 0 Å². The summed E-state index contributed by atoms with van der Waals surface area (Å²) in [5.41, 5.74) is 9.70. The molecule has 19 heavy (non-hydrogen) atoms. The van der Waals surface area contributed by atoms with E-state index in [-0.39, 0.29) is 0 Å². The Morgan fingerprint density at radius 3 is 2.63 bits per heavy atom. The molecule has 0 saturated carbocycles. The average Bonchev–Trinajstić information content (AvgIpc) is 2.98. The first kappa shape index (κ1) is 10.6. The van der Waals surface area contributed by atoms with Crippen LogP contribution in [0.3, 0.4) is 0 Å². The van der Waals surface area contributed by atoms with E-state index in [9.17, 15) is 0 Å². The third kappa shape index (κ3) is 1.54. The van der Waals surface area contributed by atoms with Crippen molar-refractivity contribution in [2.24, 2.45) is 0 Å². The topological polar surface area (TPSA) is 54.7 Å². The SMILES string of the molecule is Nc1ccc(-c2n[nH]c3c2sc2ccccc23)cc1. The van der Waals surface area contributed by atoms with Gasteiger partial charge in [-0.2, -0.15) is 5.10 Å². The van der Waals surface area contributed by atoms with Crippen molar-refractivity contribution in [2.45, 2.75) is 0 Å². The van der Waals surface area contributed by atoms with E-state index in [4.69, 9.17) is 5.73 Å². The van der Waals surface area contributed by atoms with Gasteiger partial charge in [0.15, 0.2) is 0 Å². The number of thiophene rings is 1. The Labute approximate surface area is 113 Å². The van der Waals surface area contributed by atoms with Crippen molar-refractivity contribution in [1.29, 1.82) is 0 Å². The Balaban J connectivity index is 2.02. The molecule has 4 aromatic rings. The zero-order valence-electron chi connectivity index (χ0n) is 10.1. The predicted molar refractivity (Wildman–Crippen MR) is 81.3 cm³/mol. The summed E-state index contributed by atoms with van der Waals surface area (Å²) < 4.78 is 2.48. The fourth-order valence-electron chi connectivity index (χ4n) is 2.32. The number of aromatic amines is 1. The van der Waals surface area contributed by atoms with Crippen LogP contribution in [-0.2, 0) is 0 Å². The molecule has 0 radical (unpaired) electrons. The minimum absolute atomic E-state index is 0.770. The van der Waals surface area contributed by atoms with Gasteiger partial charge in [0.25, 0.3) is 0 Å². The van der Waals surface area contributed by atoms with Crippen LogP contribution in [-0.4, -0.2) is 10.2 Å². The molecule has 0 aliphatic heterocycles. The number of fused-ring (bicyclic) bond motifs is 3. The Bertz CT molecular complexity index is 871. The van der Waals surface area contributed by atoms with Crippen molar-refractivity contribution < 1.29 is 0 Å². The van der Waals surface area contributed by atoms with E-state index in [1.165, 1.54) is 14.8 Å². The number of nitrogens with one attached hydrogen (secondary N) is 1. The lowest BCUT2D eigenvalue weighted by atomic mass is 10.1. The first-order valence-corrected chi connectivity index (χ1v) is 6.86. The highest BCUT2D eigenvalue weighted by Gasteiger charge is 2.13. The standard InChI is InChI=1S/C15H11N3S/c16-10-7-5-9(6-8-10)13-15-14(18-17-13)11-3-1-2-4-12(11)19-15/h1-8H,16H2,(H,17,18). The highest BCUT2D eigenvalue weighted by molar-refractivity contribution is 7.26. The number of benzene rings is 2. The van der Waals surface area contributed by atoms with Crippen LogP contribution in [0.4, 0.5) is 5.69 Å². The van der Waals surface area contributed by atoms with Crippen molar-refractivity contribution >= 4 is 37.3 Å². The molecular formula is C15H11N3S. The highest BCUT2D eigenvalue weighted by atomic mass is 32.1. The first-order chi connectivity index (χ1) is 9.33. The van der Waals surface area contributed by atoms with Gasteiger partial charge in [0.2, 0.25) is 0 Å². The number of nitrogen functional groups attached to an aromatic ring is 1. The summed E-state index contributed by atoms with van der Waals surface area (Å²) in [5.74, 6) is 0. The van der Waals surface area contributed by atoms with E-state index in [1.54, 1.807) is 11.3 Å². The van der Waals surface area contributed by atoms with Gasteiger partial charge in [-0.05, 0) is 18.2 Å². The molecule has 2 aromatic heterocycles. The summed E-state index contributed by atoms with van der Waals surface area (Å²) in [7, 11) is 0. The fourth-order valence-corrected chi connectivity index (χ4v) is 3.49. The molecular weight excluding hydrogens is 254 g/mol. The maximum Gasteiger partial charge on any atom is 0.110 e. The molecule has 0 aliphatic rings. The molecule has 0 spiro atoms. The average molecular weight is 265 g/mol. The van der Waals surface area contributed by atoms with Crippen LogP contribution < -0.4 is 5.73 Å². The zero-order chi connectivity index (χ0) is 12.8. The van der Waals surface area contributed by atoms with E-state index in [1.807, 2.05) is 24.3 Å². The highest BCUT2D eigenvalue weighted by Crippen LogP contribution is 2.38. The molecule has 0 saturated heterocycles. The Hall–Kier alpha value is -2.33. The number of hydrogen-bond acceptors (Lipinski definition) is 3. The normalized spacial score (nSPS) is 11.4.